The summed E-state index contributed by atoms with van der Waals surface area (Å²) in [6, 6.07) is 19.7. The highest BCUT2D eigenvalue weighted by Gasteiger charge is 2.41. The molecule has 0 aliphatic carbocycles. The van der Waals surface area contributed by atoms with Crippen LogP contribution in [0.25, 0.3) is 22.2 Å². The van der Waals surface area contributed by atoms with Gasteiger partial charge < -0.3 is 83.8 Å². The number of nitrogens with zero attached hydrogens (tertiary/aromatic N) is 6. The number of likely N-dealkylation sites (N-methyl/N-ethyl adjacent to an activating group) is 2. The van der Waals surface area contributed by atoms with E-state index in [1.807, 2.05) is 72.7 Å². The van der Waals surface area contributed by atoms with Crippen molar-refractivity contribution in [3.05, 3.63) is 143 Å². The first-order valence-electron chi connectivity index (χ1n) is 37.7. The molecule has 5 aromatic carbocycles. The minimum absolute atomic E-state index is 0.0261. The third-order valence-electron chi connectivity index (χ3n) is 18.9. The number of aliphatic hydroxyl groups excluding tert-OH is 1. The van der Waals surface area contributed by atoms with Gasteiger partial charge in [-0.25, -0.2) is 0 Å². The number of aliphatic hydroxyl groups is 1. The van der Waals surface area contributed by atoms with Crippen molar-refractivity contribution >= 4 is 99.2 Å². The molecule has 1 saturated heterocycles. The fraction of sp³-hybridized carbons (Fsp3) is 0.475. The predicted molar refractivity (Wildman–Crippen MR) is 423 cm³/mol. The van der Waals surface area contributed by atoms with Gasteiger partial charge in [-0.2, -0.15) is 15.0 Å². The molecule has 1 aliphatic rings. The van der Waals surface area contributed by atoms with Gasteiger partial charge in [-0.15, -0.1) is 0 Å². The number of aromatic hydroxyl groups is 1. The second-order valence-corrected chi connectivity index (χ2v) is 29.5. The zero-order valence-corrected chi connectivity index (χ0v) is 65.8. The van der Waals surface area contributed by atoms with Crippen molar-refractivity contribution in [2.24, 2.45) is 11.7 Å². The molecule has 30 nitrogen and oxygen atoms in total. The minimum atomic E-state index is -1.81. The Morgan fingerprint density at radius 2 is 1.17 bits per heavy atom. The molecule has 0 saturated carbocycles. The molecule has 1 aromatic heterocycles. The molecule has 31 heteroatoms. The fourth-order valence-electron chi connectivity index (χ4n) is 12.7. The molecule has 598 valence electrons. The van der Waals surface area contributed by atoms with Crippen LogP contribution in [0.2, 0.25) is 5.02 Å². The molecule has 7 rings (SSSR count). The van der Waals surface area contributed by atoms with Crippen LogP contribution in [-0.4, -0.2) is 218 Å². The molecule has 0 spiro atoms. The first-order chi connectivity index (χ1) is 52.8. The molecule has 14 N–H and O–H groups in total. The van der Waals surface area contributed by atoms with Crippen LogP contribution < -0.4 is 58.9 Å². The summed E-state index contributed by atoms with van der Waals surface area (Å²) in [5, 5.41) is 52.7. The van der Waals surface area contributed by atoms with E-state index in [2.05, 4.69) is 68.1 Å². The number of unbranched alkanes of at least 4 members (excludes halogenated alkanes) is 1. The Hall–Kier alpha value is -10.8. The van der Waals surface area contributed by atoms with Crippen LogP contribution in [0.1, 0.15) is 123 Å². The highest BCUT2D eigenvalue weighted by Crippen LogP contribution is 2.25. The van der Waals surface area contributed by atoms with Crippen LogP contribution in [0, 0.1) is 5.92 Å². The van der Waals surface area contributed by atoms with Crippen LogP contribution in [0.4, 0.5) is 11.9 Å². The average molecular weight is 1550 g/mol. The summed E-state index contributed by atoms with van der Waals surface area (Å²) < 4.78 is 0. The third kappa shape index (κ3) is 26.7. The maximum absolute atomic E-state index is 15.6. The number of phenolic OH excluding ortho intramolecular Hbond substituents is 1. The summed E-state index contributed by atoms with van der Waals surface area (Å²) in [5.74, 6) is -7.71. The number of hydrogen-bond donors (Lipinski definition) is 13. The molecule has 11 amide bonds. The highest BCUT2D eigenvalue weighted by molar-refractivity contribution is 6.30. The summed E-state index contributed by atoms with van der Waals surface area (Å²) in [7, 11) is 2.68. The van der Waals surface area contributed by atoms with Crippen molar-refractivity contribution in [2.75, 3.05) is 57.5 Å². The third-order valence-corrected chi connectivity index (χ3v) is 19.1. The van der Waals surface area contributed by atoms with Crippen molar-refractivity contribution in [3.63, 3.8) is 0 Å². The number of carbonyl (C=O) groups excluding carboxylic acids is 11. The van der Waals surface area contributed by atoms with Crippen LogP contribution >= 0.6 is 11.6 Å². The molecule has 0 radical (unpaired) electrons. The summed E-state index contributed by atoms with van der Waals surface area (Å²) in [4.78, 5) is 175. The number of rotatable bonds is 41. The highest BCUT2D eigenvalue weighted by atomic mass is 35.5. The van der Waals surface area contributed by atoms with Crippen LogP contribution in [-0.2, 0) is 78.4 Å². The number of nitrogens with one attached hydrogen (secondary N) is 10. The van der Waals surface area contributed by atoms with Crippen molar-refractivity contribution < 1.29 is 63.0 Å². The Balaban J connectivity index is 1.24. The van der Waals surface area contributed by atoms with Crippen molar-refractivity contribution in [1.82, 2.24) is 72.2 Å². The number of carbonyl (C=O) groups is 11. The van der Waals surface area contributed by atoms with Gasteiger partial charge >= 0.3 is 0 Å². The van der Waals surface area contributed by atoms with Gasteiger partial charge in [0, 0.05) is 82.5 Å². The molecule has 2 heterocycles. The Morgan fingerprint density at radius 1 is 0.613 bits per heavy atom. The van der Waals surface area contributed by atoms with E-state index in [1.54, 1.807) is 66.7 Å². The van der Waals surface area contributed by atoms with Crippen molar-refractivity contribution in [3.8, 4) is 17.1 Å². The smallest absolute Gasteiger partial charge is 0.247 e. The first kappa shape index (κ1) is 87.4. The van der Waals surface area contributed by atoms with Gasteiger partial charge in [0.2, 0.25) is 76.9 Å². The number of aromatic nitrogens is 3. The summed E-state index contributed by atoms with van der Waals surface area (Å²) in [6.45, 7) is 16.0. The van der Waals surface area contributed by atoms with E-state index in [9.17, 15) is 39.0 Å². The number of hydrogen-bond acceptors (Lipinski definition) is 19. The van der Waals surface area contributed by atoms with Gasteiger partial charge in [0.15, 0.2) is 5.82 Å². The van der Waals surface area contributed by atoms with Crippen molar-refractivity contribution in [1.29, 1.82) is 0 Å². The Labute approximate surface area is 653 Å². The predicted octanol–water partition coefficient (Wildman–Crippen LogP) is 3.98. The maximum Gasteiger partial charge on any atom is 0.247 e. The van der Waals surface area contributed by atoms with Gasteiger partial charge in [0.05, 0.1) is 13.2 Å². The maximum atomic E-state index is 15.6. The number of phenols is 1. The normalized spacial score (nSPS) is 14.8. The zero-order chi connectivity index (χ0) is 81.2. The number of fused-ring (bicyclic) bond motifs is 1. The summed E-state index contributed by atoms with van der Waals surface area (Å²) in [6.07, 6.45) is 1.18. The molecule has 0 bridgehead atoms. The van der Waals surface area contributed by atoms with E-state index in [-0.39, 0.29) is 75.2 Å². The van der Waals surface area contributed by atoms with E-state index in [0.717, 1.165) is 20.6 Å². The molecule has 6 aromatic rings. The molecule has 9 atom stereocenters. The van der Waals surface area contributed by atoms with E-state index < -0.39 is 133 Å². The van der Waals surface area contributed by atoms with Crippen LogP contribution in [0.15, 0.2) is 115 Å². The summed E-state index contributed by atoms with van der Waals surface area (Å²) >= 11 is 6.22. The lowest BCUT2D eigenvalue weighted by Gasteiger charge is -2.33. The largest absolute Gasteiger partial charge is 0.508 e. The second kappa shape index (κ2) is 42.4. The molecular weight excluding hydrogens is 1440 g/mol. The molecule has 1 fully saturated rings. The van der Waals surface area contributed by atoms with Crippen LogP contribution in [0.3, 0.4) is 0 Å². The van der Waals surface area contributed by atoms with E-state index in [0.29, 0.717) is 82.9 Å². The van der Waals surface area contributed by atoms with E-state index in [1.165, 1.54) is 57.1 Å². The second-order valence-electron chi connectivity index (χ2n) is 29.1. The van der Waals surface area contributed by atoms with Gasteiger partial charge in [0.1, 0.15) is 60.1 Å². The summed E-state index contributed by atoms with van der Waals surface area (Å²) in [5.41, 5.74) is 8.12. The quantitative estimate of drug-likeness (QED) is 0.0241. The minimum Gasteiger partial charge on any atom is -0.508 e. The lowest BCUT2D eigenvalue weighted by Crippen LogP contribution is -2.62. The van der Waals surface area contributed by atoms with Gasteiger partial charge in [0.25, 0.3) is 0 Å². The first-order valence-corrected chi connectivity index (χ1v) is 38.1. The number of halogens is 1. The fourth-order valence-corrected chi connectivity index (χ4v) is 12.9. The van der Waals surface area contributed by atoms with Crippen LogP contribution in [0.5, 0.6) is 5.75 Å². The SMILES string of the molecule is CCNc1nc(NC(C)C)nc(-c2ccc(C[C@H](NC(=O)[C@H](Cc3ccc(O)cc3)N(C)C(=O)[C@H](CO)NC(=O)[C@H](Cc3cccc4ccccc34)NC(=O)[C@H](Cc3ccc(Cl)cc3)NC(=O)CN(C)C(C)=O)C(=O)N[C@@H](CC(C)C)C(=O)N[C@@H](CCCCNC(C)C)C(=O)N3CCC[C@H]3C(=O)N[C@@H](C)C(N)=O)cc2)n1. The number of primary amides is 1. The molecule has 111 heavy (non-hydrogen) atoms. The molecular formula is C80H108ClN17O13. The van der Waals surface area contributed by atoms with Gasteiger partial charge in [-0.3, -0.25) is 52.7 Å². The Bertz CT molecular complexity index is 4180. The number of likely N-dealkylation sites (tertiary alicyclic amines) is 1. The number of benzene rings is 5. The van der Waals surface area contributed by atoms with Gasteiger partial charge in [-0.1, -0.05) is 130 Å². The topological polar surface area (TPSA) is 423 Å². The standard InChI is InChI=1S/C80H108ClN17O13/c1-12-83-79-93-70(94-80(95-79)85-48(6)7)55-31-25-51(26-32-55)41-63(73(106)89-61(39-46(2)3)71(104)88-60(23-15-16-37-84-47(4)5)78(111)98-38-18-24-66(98)75(108)86-49(8)69(82)103)91-76(109)67(42-53-29-35-58(101)36-30-53)97(11)77(110)65(45-99)92-74(107)64(43-56-21-17-20-54-19-13-14-22-59(54)56)90-72(105)62(40-52-27-33-57(81)34-28-52)87-68(102)44-96(10)50(9)100/h13-14,17,19-22,25-36,46-49,60-67,84,99,101H,12,15-16,18,23-24,37-45H2,1-11H3,(H2,82,103)(H,86,108)(H,87,102)(H,88,104)(H,89,106)(H,90,105)(H,91,109)(H,92,107)(H2,83,85,93,94,95)/t49-,60-,61-,62-,63-,64-,65-,66-,67-/m0/s1. The molecule has 1 aliphatic heterocycles. The average Bonchev–Trinajstić information content (AvgIpc) is 1.61. The lowest BCUT2D eigenvalue weighted by atomic mass is 9.97. The van der Waals surface area contributed by atoms with Crippen molar-refractivity contribution in [2.45, 2.75) is 193 Å². The lowest BCUT2D eigenvalue weighted by molar-refractivity contribution is -0.144. The molecule has 0 unspecified atom stereocenters. The van der Waals surface area contributed by atoms with E-state index >= 15 is 24.0 Å². The van der Waals surface area contributed by atoms with Gasteiger partial charge in [-0.05, 0) is 136 Å². The van der Waals surface area contributed by atoms with E-state index in [4.69, 9.17) is 17.3 Å². The monoisotopic (exact) mass is 1550 g/mol. The Kier molecular flexibility index (Phi) is 33.4. The number of amides is 11. The number of anilines is 2. The Morgan fingerprint density at radius 3 is 1.78 bits per heavy atom. The number of nitrogens with two attached hydrogens (primary N) is 1. The zero-order valence-electron chi connectivity index (χ0n) is 65.0.